The second kappa shape index (κ2) is 13.0. The van der Waals surface area contributed by atoms with Crippen molar-refractivity contribution in [3.8, 4) is 23.3 Å². The standard InChI is InChI=1S/C31H25ClN2O4/c1-36-30-17-24(12-15-29(30)38-20-23-6-3-2-4-7-23)21-37-28-13-10-22(11-14-28)16-25(19-33)31(35)34-27-9-5-8-26(32)18-27/h2-18H,20-21H2,1H3,(H,34,35)/b25-16-. The molecular formula is C31H25ClN2O4. The fraction of sp³-hybridized carbons (Fsp3) is 0.0968. The predicted molar refractivity (Wildman–Crippen MR) is 148 cm³/mol. The summed E-state index contributed by atoms with van der Waals surface area (Å²) in [6.45, 7) is 0.777. The zero-order chi connectivity index (χ0) is 26.7. The number of carbonyl (C=O) groups excluding carboxylic acids is 1. The quantitative estimate of drug-likeness (QED) is 0.177. The van der Waals surface area contributed by atoms with Crippen LogP contribution in [0.4, 0.5) is 5.69 Å². The minimum atomic E-state index is -0.514. The number of carbonyl (C=O) groups is 1. The molecule has 38 heavy (non-hydrogen) atoms. The van der Waals surface area contributed by atoms with E-state index in [9.17, 15) is 10.1 Å². The van der Waals surface area contributed by atoms with Crippen LogP contribution in [0.15, 0.2) is 103 Å². The van der Waals surface area contributed by atoms with Crippen LogP contribution < -0.4 is 19.5 Å². The highest BCUT2D eigenvalue weighted by Crippen LogP contribution is 2.29. The van der Waals surface area contributed by atoms with Crippen molar-refractivity contribution >= 4 is 29.3 Å². The average Bonchev–Trinajstić information content (AvgIpc) is 2.95. The number of hydrogen-bond donors (Lipinski definition) is 1. The Labute approximate surface area is 226 Å². The second-order valence-electron chi connectivity index (χ2n) is 8.25. The second-order valence-corrected chi connectivity index (χ2v) is 8.69. The van der Waals surface area contributed by atoms with E-state index >= 15 is 0 Å². The zero-order valence-electron chi connectivity index (χ0n) is 20.7. The van der Waals surface area contributed by atoms with E-state index in [0.29, 0.717) is 46.7 Å². The van der Waals surface area contributed by atoms with Gasteiger partial charge in [-0.3, -0.25) is 4.79 Å². The number of ether oxygens (including phenoxy) is 3. The van der Waals surface area contributed by atoms with Gasteiger partial charge in [0.2, 0.25) is 0 Å². The van der Waals surface area contributed by atoms with Gasteiger partial charge in [-0.2, -0.15) is 5.26 Å². The number of nitrogens with zero attached hydrogens (tertiary/aromatic N) is 1. The van der Waals surface area contributed by atoms with E-state index in [2.05, 4.69) is 5.32 Å². The molecule has 0 saturated heterocycles. The number of methoxy groups -OCH3 is 1. The summed E-state index contributed by atoms with van der Waals surface area (Å²) >= 11 is 5.95. The molecule has 0 atom stereocenters. The first kappa shape index (κ1) is 26.3. The third kappa shape index (κ3) is 7.39. The van der Waals surface area contributed by atoms with Gasteiger partial charge in [-0.15, -0.1) is 0 Å². The number of rotatable bonds is 10. The smallest absolute Gasteiger partial charge is 0.266 e. The van der Waals surface area contributed by atoms with Gasteiger partial charge in [-0.25, -0.2) is 0 Å². The van der Waals surface area contributed by atoms with Crippen LogP contribution in [0.1, 0.15) is 16.7 Å². The first-order chi connectivity index (χ1) is 18.5. The monoisotopic (exact) mass is 524 g/mol. The molecule has 4 aromatic carbocycles. The third-order valence-electron chi connectivity index (χ3n) is 5.51. The van der Waals surface area contributed by atoms with Crippen molar-refractivity contribution in [1.82, 2.24) is 0 Å². The molecule has 0 aliphatic carbocycles. The van der Waals surface area contributed by atoms with E-state index in [1.165, 1.54) is 6.08 Å². The lowest BCUT2D eigenvalue weighted by atomic mass is 10.1. The first-order valence-corrected chi connectivity index (χ1v) is 12.2. The molecule has 0 radical (unpaired) electrons. The van der Waals surface area contributed by atoms with Crippen LogP contribution in [0.5, 0.6) is 17.2 Å². The van der Waals surface area contributed by atoms with E-state index in [1.54, 1.807) is 55.6 Å². The van der Waals surface area contributed by atoms with Gasteiger partial charge in [0.05, 0.1) is 7.11 Å². The summed E-state index contributed by atoms with van der Waals surface area (Å²) in [5, 5.41) is 12.6. The molecule has 190 valence electrons. The Morgan fingerprint density at radius 3 is 2.34 bits per heavy atom. The maximum Gasteiger partial charge on any atom is 0.266 e. The van der Waals surface area contributed by atoms with E-state index in [4.69, 9.17) is 25.8 Å². The predicted octanol–water partition coefficient (Wildman–Crippen LogP) is 7.05. The van der Waals surface area contributed by atoms with Crippen molar-refractivity contribution in [1.29, 1.82) is 5.26 Å². The summed E-state index contributed by atoms with van der Waals surface area (Å²) in [4.78, 5) is 12.5. The molecule has 0 aliphatic rings. The highest BCUT2D eigenvalue weighted by atomic mass is 35.5. The lowest BCUT2D eigenvalue weighted by Gasteiger charge is -2.13. The number of halogens is 1. The normalized spacial score (nSPS) is 10.8. The Morgan fingerprint density at radius 1 is 0.868 bits per heavy atom. The van der Waals surface area contributed by atoms with Crippen molar-refractivity contribution in [2.24, 2.45) is 0 Å². The molecule has 1 N–H and O–H groups in total. The van der Waals surface area contributed by atoms with Crippen molar-refractivity contribution < 1.29 is 19.0 Å². The minimum absolute atomic E-state index is 0.0275. The lowest BCUT2D eigenvalue weighted by molar-refractivity contribution is -0.112. The molecule has 0 saturated carbocycles. The zero-order valence-corrected chi connectivity index (χ0v) is 21.4. The van der Waals surface area contributed by atoms with Crippen LogP contribution in [0.3, 0.4) is 0 Å². The van der Waals surface area contributed by atoms with Gasteiger partial charge in [-0.1, -0.05) is 66.2 Å². The molecule has 7 heteroatoms. The Kier molecular flexibility index (Phi) is 9.01. The fourth-order valence-corrected chi connectivity index (χ4v) is 3.75. The lowest BCUT2D eigenvalue weighted by Crippen LogP contribution is -2.13. The van der Waals surface area contributed by atoms with Crippen LogP contribution in [-0.2, 0) is 18.0 Å². The van der Waals surface area contributed by atoms with Gasteiger partial charge in [0, 0.05) is 10.7 Å². The van der Waals surface area contributed by atoms with Gasteiger partial charge < -0.3 is 19.5 Å². The number of benzene rings is 4. The van der Waals surface area contributed by atoms with E-state index in [0.717, 1.165) is 11.1 Å². The van der Waals surface area contributed by atoms with Crippen LogP contribution in [0, 0.1) is 11.3 Å². The summed E-state index contributed by atoms with van der Waals surface area (Å²) in [6, 6.07) is 31.4. The Hall–Kier alpha value is -4.73. The van der Waals surface area contributed by atoms with Crippen molar-refractivity contribution in [2.45, 2.75) is 13.2 Å². The first-order valence-electron chi connectivity index (χ1n) is 11.8. The average molecular weight is 525 g/mol. The van der Waals surface area contributed by atoms with Gasteiger partial charge in [0.25, 0.3) is 5.91 Å². The highest BCUT2D eigenvalue weighted by molar-refractivity contribution is 6.31. The van der Waals surface area contributed by atoms with E-state index in [1.807, 2.05) is 54.6 Å². The maximum absolute atomic E-state index is 12.5. The molecule has 0 bridgehead atoms. The number of nitrogens with one attached hydrogen (secondary N) is 1. The van der Waals surface area contributed by atoms with Crippen LogP contribution in [0.2, 0.25) is 5.02 Å². The number of nitriles is 1. The summed E-state index contributed by atoms with van der Waals surface area (Å²) in [6.07, 6.45) is 1.52. The minimum Gasteiger partial charge on any atom is -0.493 e. The Morgan fingerprint density at radius 2 is 1.63 bits per heavy atom. The number of hydrogen-bond acceptors (Lipinski definition) is 5. The number of amides is 1. The fourth-order valence-electron chi connectivity index (χ4n) is 3.56. The van der Waals surface area contributed by atoms with E-state index < -0.39 is 5.91 Å². The van der Waals surface area contributed by atoms with Crippen molar-refractivity contribution in [2.75, 3.05) is 12.4 Å². The molecule has 4 rings (SSSR count). The molecule has 0 aliphatic heterocycles. The van der Waals surface area contributed by atoms with Crippen LogP contribution in [-0.4, -0.2) is 13.0 Å². The highest BCUT2D eigenvalue weighted by Gasteiger charge is 2.10. The maximum atomic E-state index is 12.5. The number of anilines is 1. The molecule has 0 unspecified atom stereocenters. The van der Waals surface area contributed by atoms with Crippen molar-refractivity contribution in [3.05, 3.63) is 124 Å². The molecule has 4 aromatic rings. The van der Waals surface area contributed by atoms with Crippen molar-refractivity contribution in [3.63, 3.8) is 0 Å². The molecule has 1 amide bonds. The van der Waals surface area contributed by atoms with Gasteiger partial charge in [0.1, 0.15) is 30.6 Å². The van der Waals surface area contributed by atoms with Crippen LogP contribution in [0.25, 0.3) is 6.08 Å². The molecule has 0 aromatic heterocycles. The summed E-state index contributed by atoms with van der Waals surface area (Å²) in [7, 11) is 1.60. The molecule has 0 fully saturated rings. The van der Waals surface area contributed by atoms with Gasteiger partial charge in [0.15, 0.2) is 11.5 Å². The Bertz CT molecular complexity index is 1460. The molecular weight excluding hydrogens is 500 g/mol. The van der Waals surface area contributed by atoms with E-state index in [-0.39, 0.29) is 5.57 Å². The summed E-state index contributed by atoms with van der Waals surface area (Å²) < 4.78 is 17.3. The third-order valence-corrected chi connectivity index (χ3v) is 5.74. The molecule has 6 nitrogen and oxygen atoms in total. The van der Waals surface area contributed by atoms with Gasteiger partial charge >= 0.3 is 0 Å². The topological polar surface area (TPSA) is 80.6 Å². The largest absolute Gasteiger partial charge is 0.493 e. The van der Waals surface area contributed by atoms with Crippen LogP contribution >= 0.6 is 11.6 Å². The molecule has 0 heterocycles. The summed E-state index contributed by atoms with van der Waals surface area (Å²) in [5.74, 6) is 1.42. The van der Waals surface area contributed by atoms with Gasteiger partial charge in [-0.05, 0) is 65.2 Å². The summed E-state index contributed by atoms with van der Waals surface area (Å²) in [5.41, 5.74) is 3.17. The SMILES string of the molecule is COc1cc(COc2ccc(/C=C(/C#N)C(=O)Nc3cccc(Cl)c3)cc2)ccc1OCc1ccccc1. The Balaban J connectivity index is 1.35. The molecule has 0 spiro atoms.